The lowest BCUT2D eigenvalue weighted by Crippen LogP contribution is -2.05. The van der Waals surface area contributed by atoms with Gasteiger partial charge < -0.3 is 9.47 Å². The Kier molecular flexibility index (Phi) is 6.40. The van der Waals surface area contributed by atoms with Crippen LogP contribution in [0.5, 0.6) is 11.5 Å². The van der Waals surface area contributed by atoms with Gasteiger partial charge in [-0.3, -0.25) is 0 Å². The molecular weight excluding hydrogens is 384 g/mol. The highest BCUT2D eigenvalue weighted by molar-refractivity contribution is 9.10. The van der Waals surface area contributed by atoms with Crippen molar-refractivity contribution in [2.75, 3.05) is 13.2 Å². The van der Waals surface area contributed by atoms with E-state index in [1.165, 1.54) is 5.56 Å². The molecule has 0 aromatic heterocycles. The van der Waals surface area contributed by atoms with Crippen molar-refractivity contribution in [3.8, 4) is 11.5 Å². The van der Waals surface area contributed by atoms with E-state index >= 15 is 0 Å². The average molecular weight is 400 g/mol. The van der Waals surface area contributed by atoms with Crippen molar-refractivity contribution in [3.63, 3.8) is 0 Å². The molecule has 0 saturated heterocycles. The molecule has 2 nitrogen and oxygen atoms in total. The summed E-state index contributed by atoms with van der Waals surface area (Å²) < 4.78 is 12.4. The van der Waals surface area contributed by atoms with Gasteiger partial charge in [-0.15, -0.1) is 0 Å². The number of alkyl halides is 1. The summed E-state index contributed by atoms with van der Waals surface area (Å²) in [5.41, 5.74) is 1.18. The molecule has 0 aliphatic rings. The van der Waals surface area contributed by atoms with Gasteiger partial charge in [0, 0.05) is 16.2 Å². The lowest BCUT2D eigenvalue weighted by Gasteiger charge is -2.09. The molecule has 0 radical (unpaired) electrons. The quantitative estimate of drug-likeness (QED) is 0.471. The first kappa shape index (κ1) is 15.4. The van der Waals surface area contributed by atoms with Crippen LogP contribution in [-0.2, 0) is 5.33 Å². The molecule has 0 bridgehead atoms. The lowest BCUT2D eigenvalue weighted by molar-refractivity contribution is 0.247. The van der Waals surface area contributed by atoms with Gasteiger partial charge in [-0.1, -0.05) is 50.1 Å². The Morgan fingerprint density at radius 3 is 2.25 bits per heavy atom. The van der Waals surface area contributed by atoms with Gasteiger partial charge in [-0.2, -0.15) is 0 Å². The van der Waals surface area contributed by atoms with Crippen LogP contribution in [-0.4, -0.2) is 13.2 Å². The van der Waals surface area contributed by atoms with E-state index in [-0.39, 0.29) is 0 Å². The van der Waals surface area contributed by atoms with Crippen molar-refractivity contribution in [2.45, 2.75) is 11.8 Å². The maximum absolute atomic E-state index is 5.72. The third kappa shape index (κ3) is 4.84. The summed E-state index contributed by atoms with van der Waals surface area (Å²) >= 11 is 6.96. The fourth-order valence-electron chi connectivity index (χ4n) is 1.70. The fraction of sp³-hybridized carbons (Fsp3) is 0.250. The van der Waals surface area contributed by atoms with Crippen molar-refractivity contribution < 1.29 is 9.47 Å². The monoisotopic (exact) mass is 398 g/mol. The Morgan fingerprint density at radius 2 is 1.55 bits per heavy atom. The van der Waals surface area contributed by atoms with E-state index in [1.807, 2.05) is 48.5 Å². The SMILES string of the molecule is BrCc1cc(OCCCOc2ccccc2)ccc1Br. The van der Waals surface area contributed by atoms with Gasteiger partial charge in [0.25, 0.3) is 0 Å². The fourth-order valence-corrected chi connectivity index (χ4v) is 2.93. The van der Waals surface area contributed by atoms with Crippen LogP contribution in [0.25, 0.3) is 0 Å². The minimum absolute atomic E-state index is 0.649. The maximum Gasteiger partial charge on any atom is 0.119 e. The highest BCUT2D eigenvalue weighted by Crippen LogP contribution is 2.24. The second-order valence-electron chi connectivity index (χ2n) is 4.25. The van der Waals surface area contributed by atoms with Gasteiger partial charge in [-0.05, 0) is 35.9 Å². The maximum atomic E-state index is 5.72. The number of benzene rings is 2. The highest BCUT2D eigenvalue weighted by atomic mass is 79.9. The average Bonchev–Trinajstić information content (AvgIpc) is 2.49. The second kappa shape index (κ2) is 8.32. The third-order valence-corrected chi connectivity index (χ3v) is 4.11. The van der Waals surface area contributed by atoms with Crippen LogP contribution in [0.4, 0.5) is 0 Å². The molecule has 0 spiro atoms. The molecule has 0 atom stereocenters. The molecule has 0 unspecified atom stereocenters. The Labute approximate surface area is 136 Å². The van der Waals surface area contributed by atoms with Gasteiger partial charge in [0.05, 0.1) is 13.2 Å². The van der Waals surface area contributed by atoms with E-state index in [0.29, 0.717) is 13.2 Å². The molecule has 2 rings (SSSR count). The molecule has 0 amide bonds. The minimum Gasteiger partial charge on any atom is -0.493 e. The van der Waals surface area contributed by atoms with Gasteiger partial charge >= 0.3 is 0 Å². The van der Waals surface area contributed by atoms with Crippen LogP contribution >= 0.6 is 31.9 Å². The van der Waals surface area contributed by atoms with Crippen molar-refractivity contribution in [1.82, 2.24) is 0 Å². The number of rotatable bonds is 7. The molecule has 2 aromatic carbocycles. The van der Waals surface area contributed by atoms with Gasteiger partial charge in [0.15, 0.2) is 0 Å². The summed E-state index contributed by atoms with van der Waals surface area (Å²) in [4.78, 5) is 0. The summed E-state index contributed by atoms with van der Waals surface area (Å²) in [5.74, 6) is 1.79. The molecule has 0 fully saturated rings. The summed E-state index contributed by atoms with van der Waals surface area (Å²) in [6.45, 7) is 1.31. The van der Waals surface area contributed by atoms with Crippen LogP contribution in [0.1, 0.15) is 12.0 Å². The minimum atomic E-state index is 0.649. The molecule has 2 aromatic rings. The Morgan fingerprint density at radius 1 is 0.850 bits per heavy atom. The lowest BCUT2D eigenvalue weighted by atomic mass is 10.2. The molecular formula is C16H16Br2O2. The molecule has 0 heterocycles. The van der Waals surface area contributed by atoms with E-state index in [0.717, 1.165) is 27.7 Å². The highest BCUT2D eigenvalue weighted by Gasteiger charge is 2.01. The molecule has 0 aliphatic heterocycles. The zero-order valence-electron chi connectivity index (χ0n) is 11.0. The largest absolute Gasteiger partial charge is 0.493 e. The van der Waals surface area contributed by atoms with E-state index in [9.17, 15) is 0 Å². The Balaban J connectivity index is 1.71. The van der Waals surface area contributed by atoms with E-state index in [1.54, 1.807) is 0 Å². The zero-order valence-corrected chi connectivity index (χ0v) is 14.2. The second-order valence-corrected chi connectivity index (χ2v) is 5.67. The summed E-state index contributed by atoms with van der Waals surface area (Å²) in [5, 5.41) is 0.807. The van der Waals surface area contributed by atoms with Gasteiger partial charge in [0.1, 0.15) is 11.5 Å². The molecule has 0 N–H and O–H groups in total. The Bertz CT molecular complexity index is 529. The smallest absolute Gasteiger partial charge is 0.119 e. The number of hydrogen-bond acceptors (Lipinski definition) is 2. The van der Waals surface area contributed by atoms with E-state index < -0.39 is 0 Å². The molecule has 0 saturated carbocycles. The first-order valence-corrected chi connectivity index (χ1v) is 8.36. The van der Waals surface area contributed by atoms with Crippen LogP contribution in [0.15, 0.2) is 53.0 Å². The van der Waals surface area contributed by atoms with Crippen LogP contribution in [0.3, 0.4) is 0 Å². The predicted octanol–water partition coefficient (Wildman–Crippen LogP) is 5.19. The first-order valence-electron chi connectivity index (χ1n) is 6.44. The van der Waals surface area contributed by atoms with Crippen molar-refractivity contribution in [3.05, 3.63) is 58.6 Å². The van der Waals surface area contributed by atoms with Crippen LogP contribution in [0.2, 0.25) is 0 Å². The third-order valence-electron chi connectivity index (χ3n) is 2.73. The van der Waals surface area contributed by atoms with Crippen LogP contribution in [0, 0.1) is 0 Å². The summed E-state index contributed by atoms with van der Waals surface area (Å²) in [6, 6.07) is 15.8. The predicted molar refractivity (Wildman–Crippen MR) is 88.8 cm³/mol. The summed E-state index contributed by atoms with van der Waals surface area (Å²) in [6.07, 6.45) is 0.856. The molecule has 106 valence electrons. The molecule has 4 heteroatoms. The topological polar surface area (TPSA) is 18.5 Å². The first-order chi connectivity index (χ1) is 9.79. The van der Waals surface area contributed by atoms with Crippen molar-refractivity contribution >= 4 is 31.9 Å². The van der Waals surface area contributed by atoms with E-state index in [4.69, 9.17) is 9.47 Å². The number of ether oxygens (including phenoxy) is 2. The number of hydrogen-bond donors (Lipinski definition) is 0. The Hall–Kier alpha value is -1.00. The van der Waals surface area contributed by atoms with Gasteiger partial charge in [-0.25, -0.2) is 0 Å². The normalized spacial score (nSPS) is 10.3. The number of para-hydroxylation sites is 1. The number of halogens is 2. The van der Waals surface area contributed by atoms with Crippen molar-refractivity contribution in [2.24, 2.45) is 0 Å². The van der Waals surface area contributed by atoms with Crippen molar-refractivity contribution in [1.29, 1.82) is 0 Å². The van der Waals surface area contributed by atoms with E-state index in [2.05, 4.69) is 31.9 Å². The molecule has 20 heavy (non-hydrogen) atoms. The zero-order chi connectivity index (χ0) is 14.2. The molecule has 0 aliphatic carbocycles. The van der Waals surface area contributed by atoms with Crippen LogP contribution < -0.4 is 9.47 Å². The standard InChI is InChI=1S/C16H16Br2O2/c17-12-13-11-15(7-8-16(13)18)20-10-4-9-19-14-5-2-1-3-6-14/h1-3,5-8,11H,4,9-10,12H2. The van der Waals surface area contributed by atoms with Gasteiger partial charge in [0.2, 0.25) is 0 Å². The summed E-state index contributed by atoms with van der Waals surface area (Å²) in [7, 11) is 0.